The highest BCUT2D eigenvalue weighted by molar-refractivity contribution is 7.11. The van der Waals surface area contributed by atoms with Gasteiger partial charge in [-0.2, -0.15) is 0 Å². The average molecular weight is 229 g/mol. The molecule has 1 atom stereocenters. The van der Waals surface area contributed by atoms with E-state index in [0.717, 1.165) is 24.4 Å². The highest BCUT2D eigenvalue weighted by atomic mass is 32.1. The second-order valence-electron chi connectivity index (χ2n) is 3.25. The smallest absolute Gasteiger partial charge is 0.365 e. The molecule has 0 saturated carbocycles. The maximum atomic E-state index is 10.6. The third-order valence-electron chi connectivity index (χ3n) is 2.09. The molecule has 0 aromatic carbocycles. The summed E-state index contributed by atoms with van der Waals surface area (Å²) in [5.74, 6) is -0.990. The van der Waals surface area contributed by atoms with E-state index in [0.29, 0.717) is 18.9 Å². The Morgan fingerprint density at radius 2 is 2.67 bits per heavy atom. The fourth-order valence-corrected chi connectivity index (χ4v) is 1.96. The molecule has 2 heterocycles. The van der Waals surface area contributed by atoms with Gasteiger partial charge >= 0.3 is 5.97 Å². The second-order valence-corrected chi connectivity index (χ2v) is 4.10. The molecule has 0 spiro atoms. The maximum absolute atomic E-state index is 10.6. The van der Waals surface area contributed by atoms with Gasteiger partial charge in [0.1, 0.15) is 0 Å². The topological polar surface area (TPSA) is 68.7 Å². The molecule has 5 nitrogen and oxygen atoms in total. The average Bonchev–Trinajstić information content (AvgIpc) is 2.86. The van der Waals surface area contributed by atoms with Crippen LogP contribution in [0.5, 0.6) is 0 Å². The molecule has 0 bridgehead atoms. The number of carbonyl (C=O) groups is 1. The van der Waals surface area contributed by atoms with Crippen molar-refractivity contribution in [3.8, 4) is 0 Å². The van der Waals surface area contributed by atoms with Gasteiger partial charge in [0.25, 0.3) is 0 Å². The number of ether oxygens (including phenoxy) is 2. The van der Waals surface area contributed by atoms with Gasteiger partial charge in [-0.05, 0) is 6.42 Å². The van der Waals surface area contributed by atoms with Crippen LogP contribution in [0.25, 0.3) is 0 Å². The molecule has 1 saturated heterocycles. The number of aromatic nitrogens is 1. The molecule has 2 rings (SSSR count). The number of carboxylic acids is 1. The predicted molar refractivity (Wildman–Crippen MR) is 53.1 cm³/mol. The van der Waals surface area contributed by atoms with Crippen LogP contribution < -0.4 is 0 Å². The molecule has 0 aliphatic carbocycles. The SMILES string of the molecule is O=C(O)c1nc(COC2CCOC2)cs1. The summed E-state index contributed by atoms with van der Waals surface area (Å²) in [7, 11) is 0. The van der Waals surface area contributed by atoms with Crippen LogP contribution in [0.3, 0.4) is 0 Å². The molecule has 0 radical (unpaired) electrons. The van der Waals surface area contributed by atoms with Gasteiger partial charge in [-0.1, -0.05) is 0 Å². The Morgan fingerprint density at radius 3 is 3.27 bits per heavy atom. The van der Waals surface area contributed by atoms with Crippen LogP contribution in [-0.4, -0.2) is 35.4 Å². The van der Waals surface area contributed by atoms with Crippen molar-refractivity contribution < 1.29 is 19.4 Å². The highest BCUT2D eigenvalue weighted by Crippen LogP contribution is 2.14. The standard InChI is InChI=1S/C9H11NO4S/c11-9(12)8-10-6(5-15-8)3-14-7-1-2-13-4-7/h5,7H,1-4H2,(H,11,12). The van der Waals surface area contributed by atoms with Crippen LogP contribution in [0.1, 0.15) is 21.9 Å². The van der Waals surface area contributed by atoms with Crippen molar-refractivity contribution in [3.63, 3.8) is 0 Å². The van der Waals surface area contributed by atoms with E-state index < -0.39 is 5.97 Å². The van der Waals surface area contributed by atoms with E-state index in [2.05, 4.69) is 4.98 Å². The van der Waals surface area contributed by atoms with E-state index in [4.69, 9.17) is 14.6 Å². The summed E-state index contributed by atoms with van der Waals surface area (Å²) in [6.07, 6.45) is 1.02. The van der Waals surface area contributed by atoms with E-state index in [-0.39, 0.29) is 11.1 Å². The summed E-state index contributed by atoms with van der Waals surface area (Å²) in [6.45, 7) is 1.72. The molecule has 6 heteroatoms. The van der Waals surface area contributed by atoms with Gasteiger partial charge < -0.3 is 14.6 Å². The van der Waals surface area contributed by atoms with Crippen molar-refractivity contribution in [2.24, 2.45) is 0 Å². The Balaban J connectivity index is 1.84. The number of rotatable bonds is 4. The van der Waals surface area contributed by atoms with Gasteiger partial charge in [-0.15, -0.1) is 11.3 Å². The van der Waals surface area contributed by atoms with Gasteiger partial charge in [0.15, 0.2) is 0 Å². The van der Waals surface area contributed by atoms with E-state index in [9.17, 15) is 4.79 Å². The lowest BCUT2D eigenvalue weighted by atomic mass is 10.3. The zero-order valence-electron chi connectivity index (χ0n) is 8.01. The zero-order valence-corrected chi connectivity index (χ0v) is 8.83. The van der Waals surface area contributed by atoms with Gasteiger partial charge in [0.2, 0.25) is 5.01 Å². The van der Waals surface area contributed by atoms with Crippen LogP contribution in [-0.2, 0) is 16.1 Å². The van der Waals surface area contributed by atoms with Crippen LogP contribution in [0.2, 0.25) is 0 Å². The molecule has 1 aromatic heterocycles. The normalized spacial score (nSPS) is 20.7. The number of aromatic carboxylic acids is 1. The zero-order chi connectivity index (χ0) is 10.7. The third-order valence-corrected chi connectivity index (χ3v) is 2.97. The molecule has 1 aromatic rings. The fourth-order valence-electron chi connectivity index (χ4n) is 1.32. The summed E-state index contributed by atoms with van der Waals surface area (Å²) >= 11 is 1.12. The van der Waals surface area contributed by atoms with Crippen molar-refractivity contribution in [2.75, 3.05) is 13.2 Å². The van der Waals surface area contributed by atoms with Crippen molar-refractivity contribution >= 4 is 17.3 Å². The summed E-state index contributed by atoms with van der Waals surface area (Å²) < 4.78 is 10.7. The number of hydrogen-bond donors (Lipinski definition) is 1. The van der Waals surface area contributed by atoms with Crippen LogP contribution in [0.4, 0.5) is 0 Å². The van der Waals surface area contributed by atoms with E-state index >= 15 is 0 Å². The monoisotopic (exact) mass is 229 g/mol. The lowest BCUT2D eigenvalue weighted by Crippen LogP contribution is -2.12. The summed E-state index contributed by atoms with van der Waals surface area (Å²) in [6, 6.07) is 0. The molecular formula is C9H11NO4S. The molecule has 1 aliphatic rings. The lowest BCUT2D eigenvalue weighted by Gasteiger charge is -2.07. The van der Waals surface area contributed by atoms with Gasteiger partial charge in [0, 0.05) is 12.0 Å². The summed E-state index contributed by atoms with van der Waals surface area (Å²) in [5.41, 5.74) is 0.671. The van der Waals surface area contributed by atoms with E-state index in [1.807, 2.05) is 0 Å². The van der Waals surface area contributed by atoms with Crippen molar-refractivity contribution in [3.05, 3.63) is 16.1 Å². The summed E-state index contributed by atoms with van der Waals surface area (Å²) in [4.78, 5) is 14.5. The van der Waals surface area contributed by atoms with Crippen molar-refractivity contribution in [1.29, 1.82) is 0 Å². The Labute approximate surface area is 90.7 Å². The van der Waals surface area contributed by atoms with E-state index in [1.165, 1.54) is 0 Å². The first kappa shape index (κ1) is 10.5. The minimum atomic E-state index is -0.990. The van der Waals surface area contributed by atoms with Crippen LogP contribution >= 0.6 is 11.3 Å². The first-order chi connectivity index (χ1) is 7.25. The quantitative estimate of drug-likeness (QED) is 0.838. The summed E-state index contributed by atoms with van der Waals surface area (Å²) in [5, 5.41) is 10.5. The first-order valence-corrected chi connectivity index (χ1v) is 5.50. The molecule has 1 fully saturated rings. The minimum absolute atomic E-state index is 0.108. The van der Waals surface area contributed by atoms with Crippen molar-refractivity contribution in [1.82, 2.24) is 4.98 Å². The molecular weight excluding hydrogens is 218 g/mol. The van der Waals surface area contributed by atoms with Gasteiger partial charge in [-0.3, -0.25) is 0 Å². The highest BCUT2D eigenvalue weighted by Gasteiger charge is 2.17. The Morgan fingerprint density at radius 1 is 1.80 bits per heavy atom. The molecule has 1 unspecified atom stereocenters. The molecule has 15 heavy (non-hydrogen) atoms. The number of nitrogens with zero attached hydrogens (tertiary/aromatic N) is 1. The Bertz CT molecular complexity index is 346. The number of hydrogen-bond acceptors (Lipinski definition) is 5. The van der Waals surface area contributed by atoms with Gasteiger partial charge in [0.05, 0.1) is 25.0 Å². The molecule has 1 aliphatic heterocycles. The van der Waals surface area contributed by atoms with Crippen molar-refractivity contribution in [2.45, 2.75) is 19.1 Å². The Kier molecular flexibility index (Phi) is 3.30. The Hall–Kier alpha value is -0.980. The van der Waals surface area contributed by atoms with Crippen LogP contribution in [0.15, 0.2) is 5.38 Å². The molecule has 1 N–H and O–H groups in total. The third kappa shape index (κ3) is 2.74. The fraction of sp³-hybridized carbons (Fsp3) is 0.556. The first-order valence-electron chi connectivity index (χ1n) is 4.63. The van der Waals surface area contributed by atoms with Crippen LogP contribution in [0, 0.1) is 0 Å². The lowest BCUT2D eigenvalue weighted by molar-refractivity contribution is 0.0303. The minimum Gasteiger partial charge on any atom is -0.476 e. The maximum Gasteiger partial charge on any atom is 0.365 e. The molecule has 82 valence electrons. The van der Waals surface area contributed by atoms with Gasteiger partial charge in [-0.25, -0.2) is 9.78 Å². The predicted octanol–water partition coefficient (Wildman–Crippen LogP) is 1.15. The number of carboxylic acid groups (broad SMARTS) is 1. The van der Waals surface area contributed by atoms with E-state index in [1.54, 1.807) is 5.38 Å². The molecule has 0 amide bonds. The second kappa shape index (κ2) is 4.69. The largest absolute Gasteiger partial charge is 0.476 e. The number of thiazole rings is 1.